The Labute approximate surface area is 165 Å². The van der Waals surface area contributed by atoms with Gasteiger partial charge in [-0.05, 0) is 43.3 Å². The number of hydrogen-bond donors (Lipinski definition) is 3. The van der Waals surface area contributed by atoms with Gasteiger partial charge < -0.3 is 10.6 Å². The highest BCUT2D eigenvalue weighted by Gasteiger charge is 2.10. The number of aromatic nitrogens is 3. The molecule has 0 unspecified atom stereocenters. The van der Waals surface area contributed by atoms with Crippen LogP contribution in [0.4, 0.5) is 22.6 Å². The number of hydrogen-bond acceptors (Lipinski definition) is 8. The number of nitrogens with zero attached hydrogens (tertiary/aromatic N) is 3. The first-order valence-corrected chi connectivity index (χ1v) is 10.6. The lowest BCUT2D eigenvalue weighted by Crippen LogP contribution is -2.11. The fraction of sp³-hybridized carbons (Fsp3) is 0.0556. The minimum absolute atomic E-state index is 0.0427. The third-order valence-electron chi connectivity index (χ3n) is 3.93. The van der Waals surface area contributed by atoms with E-state index in [0.29, 0.717) is 17.5 Å². The average Bonchev–Trinajstić information content (AvgIpc) is 3.06. The number of thiazole rings is 1. The Morgan fingerprint density at radius 3 is 2.46 bits per heavy atom. The van der Waals surface area contributed by atoms with Gasteiger partial charge in [0, 0.05) is 17.4 Å². The Morgan fingerprint density at radius 1 is 1.00 bits per heavy atom. The number of benzene rings is 2. The predicted molar refractivity (Wildman–Crippen MR) is 111 cm³/mol. The lowest BCUT2D eigenvalue weighted by Gasteiger charge is -2.09. The largest absolute Gasteiger partial charge is 0.324 e. The van der Waals surface area contributed by atoms with Crippen LogP contribution in [0.25, 0.3) is 10.2 Å². The van der Waals surface area contributed by atoms with E-state index in [1.165, 1.54) is 12.1 Å². The molecule has 28 heavy (non-hydrogen) atoms. The molecule has 2 aromatic heterocycles. The van der Waals surface area contributed by atoms with Crippen molar-refractivity contribution in [1.29, 1.82) is 0 Å². The summed E-state index contributed by atoms with van der Waals surface area (Å²) >= 11 is 1.54. The standard InChI is InChI=1S/C18H16N6O2S2/c1-11-10-20-17(21-12-6-8-13(9-7-12)28(19,25)26)23-16(11)24-18-22-14-4-2-3-5-15(14)27-18/h2-10H,1H3,(H2,19,25,26)(H2,20,21,22,23,24). The minimum atomic E-state index is -3.73. The van der Waals surface area contributed by atoms with Crippen LogP contribution in [0, 0.1) is 6.92 Å². The molecule has 0 fully saturated rings. The molecule has 4 rings (SSSR count). The molecule has 0 aliphatic heterocycles. The van der Waals surface area contributed by atoms with E-state index >= 15 is 0 Å². The summed E-state index contributed by atoms with van der Waals surface area (Å²) in [5.74, 6) is 1.01. The molecule has 0 atom stereocenters. The van der Waals surface area contributed by atoms with Crippen LogP contribution in [0.2, 0.25) is 0 Å². The maximum absolute atomic E-state index is 11.3. The van der Waals surface area contributed by atoms with Crippen molar-refractivity contribution in [2.24, 2.45) is 5.14 Å². The second kappa shape index (κ2) is 7.15. The molecule has 2 aromatic carbocycles. The summed E-state index contributed by atoms with van der Waals surface area (Å²) in [5.41, 5.74) is 2.44. The first kappa shape index (κ1) is 18.3. The minimum Gasteiger partial charge on any atom is -0.324 e. The molecule has 4 N–H and O–H groups in total. The van der Waals surface area contributed by atoms with Gasteiger partial charge in [0.05, 0.1) is 15.1 Å². The van der Waals surface area contributed by atoms with Crippen molar-refractivity contribution in [3.05, 3.63) is 60.3 Å². The number of anilines is 4. The highest BCUT2D eigenvalue weighted by Crippen LogP contribution is 2.29. The third-order valence-corrected chi connectivity index (χ3v) is 5.81. The zero-order chi connectivity index (χ0) is 19.7. The van der Waals surface area contributed by atoms with E-state index in [-0.39, 0.29) is 4.90 Å². The number of rotatable bonds is 5. The Morgan fingerprint density at radius 2 is 1.75 bits per heavy atom. The van der Waals surface area contributed by atoms with Gasteiger partial charge in [-0.15, -0.1) is 0 Å². The fourth-order valence-corrected chi connectivity index (χ4v) is 3.89. The van der Waals surface area contributed by atoms with Crippen LogP contribution in [0.15, 0.2) is 59.6 Å². The molecule has 0 saturated carbocycles. The first-order valence-electron chi connectivity index (χ1n) is 8.25. The summed E-state index contributed by atoms with van der Waals surface area (Å²) < 4.78 is 23.8. The van der Waals surface area contributed by atoms with Gasteiger partial charge in [-0.3, -0.25) is 0 Å². The van der Waals surface area contributed by atoms with Crippen LogP contribution in [0.1, 0.15) is 5.56 Å². The Kier molecular flexibility index (Phi) is 4.67. The van der Waals surface area contributed by atoms with Crippen LogP contribution in [-0.4, -0.2) is 23.4 Å². The van der Waals surface area contributed by atoms with Crippen molar-refractivity contribution in [2.75, 3.05) is 10.6 Å². The topological polar surface area (TPSA) is 123 Å². The van der Waals surface area contributed by atoms with Gasteiger partial charge >= 0.3 is 0 Å². The van der Waals surface area contributed by atoms with Crippen LogP contribution >= 0.6 is 11.3 Å². The smallest absolute Gasteiger partial charge is 0.238 e. The zero-order valence-corrected chi connectivity index (χ0v) is 16.4. The summed E-state index contributed by atoms with van der Waals surface area (Å²) in [6, 6.07) is 13.9. The summed E-state index contributed by atoms with van der Waals surface area (Å²) in [6.45, 7) is 1.90. The van der Waals surface area contributed by atoms with Crippen LogP contribution in [-0.2, 0) is 10.0 Å². The molecular weight excluding hydrogens is 396 g/mol. The third kappa shape index (κ3) is 3.93. The van der Waals surface area contributed by atoms with Gasteiger partial charge in [0.1, 0.15) is 5.82 Å². The molecule has 0 saturated heterocycles. The maximum atomic E-state index is 11.3. The Bertz CT molecular complexity index is 1220. The van der Waals surface area contributed by atoms with Crippen molar-refractivity contribution in [3.8, 4) is 0 Å². The van der Waals surface area contributed by atoms with Gasteiger partial charge in [-0.25, -0.2) is 23.5 Å². The van der Waals surface area contributed by atoms with Crippen LogP contribution in [0.3, 0.4) is 0 Å². The SMILES string of the molecule is Cc1cnc(Nc2ccc(S(N)(=O)=O)cc2)nc1Nc1nc2ccccc2s1. The molecule has 0 radical (unpaired) electrons. The lowest BCUT2D eigenvalue weighted by molar-refractivity contribution is 0.598. The maximum Gasteiger partial charge on any atom is 0.238 e. The number of nitrogens with one attached hydrogen (secondary N) is 2. The monoisotopic (exact) mass is 412 g/mol. The molecule has 2 heterocycles. The Hall–Kier alpha value is -3.08. The van der Waals surface area contributed by atoms with E-state index in [1.807, 2.05) is 31.2 Å². The van der Waals surface area contributed by atoms with Gasteiger partial charge in [0.25, 0.3) is 0 Å². The van der Waals surface area contributed by atoms with E-state index in [2.05, 4.69) is 25.6 Å². The summed E-state index contributed by atoms with van der Waals surface area (Å²) in [4.78, 5) is 13.4. The summed E-state index contributed by atoms with van der Waals surface area (Å²) in [5, 5.41) is 12.1. The molecular formula is C18H16N6O2S2. The predicted octanol–water partition coefficient (Wildman–Crippen LogP) is 3.53. The molecule has 10 heteroatoms. The van der Waals surface area contributed by atoms with Gasteiger partial charge in [-0.1, -0.05) is 23.5 Å². The van der Waals surface area contributed by atoms with Crippen molar-refractivity contribution in [2.45, 2.75) is 11.8 Å². The first-order chi connectivity index (χ1) is 13.4. The van der Waals surface area contributed by atoms with Gasteiger partial charge in [0.2, 0.25) is 16.0 Å². The Balaban J connectivity index is 1.56. The number of primary sulfonamides is 1. The molecule has 0 bridgehead atoms. The number of nitrogens with two attached hydrogens (primary N) is 1. The number of aryl methyl sites for hydroxylation is 1. The van der Waals surface area contributed by atoms with Crippen LogP contribution in [0.5, 0.6) is 0 Å². The number of sulfonamides is 1. The summed E-state index contributed by atoms with van der Waals surface area (Å²) in [7, 11) is -3.73. The van der Waals surface area contributed by atoms with E-state index in [0.717, 1.165) is 20.9 Å². The zero-order valence-electron chi connectivity index (χ0n) is 14.7. The second-order valence-corrected chi connectivity index (χ2v) is 8.62. The fourth-order valence-electron chi connectivity index (χ4n) is 2.51. The van der Waals surface area contributed by atoms with E-state index < -0.39 is 10.0 Å². The van der Waals surface area contributed by atoms with E-state index in [4.69, 9.17) is 5.14 Å². The average molecular weight is 413 g/mol. The van der Waals surface area contributed by atoms with E-state index in [9.17, 15) is 8.42 Å². The van der Waals surface area contributed by atoms with E-state index in [1.54, 1.807) is 29.7 Å². The van der Waals surface area contributed by atoms with Gasteiger partial charge in [0.15, 0.2) is 5.13 Å². The number of fused-ring (bicyclic) bond motifs is 1. The van der Waals surface area contributed by atoms with Crippen molar-refractivity contribution >= 4 is 54.2 Å². The molecule has 8 nitrogen and oxygen atoms in total. The summed E-state index contributed by atoms with van der Waals surface area (Å²) in [6.07, 6.45) is 1.70. The lowest BCUT2D eigenvalue weighted by atomic mass is 10.3. The second-order valence-electron chi connectivity index (χ2n) is 6.03. The normalized spacial score (nSPS) is 11.5. The van der Waals surface area contributed by atoms with Crippen molar-refractivity contribution in [3.63, 3.8) is 0 Å². The van der Waals surface area contributed by atoms with Crippen molar-refractivity contribution < 1.29 is 8.42 Å². The van der Waals surface area contributed by atoms with Crippen molar-refractivity contribution in [1.82, 2.24) is 15.0 Å². The molecule has 142 valence electrons. The molecule has 0 aliphatic carbocycles. The van der Waals surface area contributed by atoms with Crippen LogP contribution < -0.4 is 15.8 Å². The number of para-hydroxylation sites is 1. The van der Waals surface area contributed by atoms with Gasteiger partial charge in [-0.2, -0.15) is 4.98 Å². The molecule has 0 spiro atoms. The molecule has 0 aliphatic rings. The highest BCUT2D eigenvalue weighted by atomic mass is 32.2. The highest BCUT2D eigenvalue weighted by molar-refractivity contribution is 7.89. The molecule has 0 amide bonds. The molecule has 4 aromatic rings. The quantitative estimate of drug-likeness (QED) is 0.458.